The number of nitrogens with zero attached hydrogens (tertiary/aromatic N) is 2. The fourth-order valence-electron chi connectivity index (χ4n) is 5.53. The molecule has 8 nitrogen and oxygen atoms in total. The highest BCUT2D eigenvalue weighted by Gasteiger charge is 2.46. The van der Waals surface area contributed by atoms with Crippen LogP contribution in [0.2, 0.25) is 0 Å². The van der Waals surface area contributed by atoms with Gasteiger partial charge in [0.2, 0.25) is 11.8 Å². The zero-order valence-corrected chi connectivity index (χ0v) is 16.9. The molecule has 4 heterocycles. The molecule has 0 aliphatic carbocycles. The van der Waals surface area contributed by atoms with Crippen LogP contribution in [-0.4, -0.2) is 64.6 Å². The molecule has 3 fully saturated rings. The first-order valence-electron chi connectivity index (χ1n) is 10.8. The molecule has 158 valence electrons. The minimum atomic E-state index is -0.927. The van der Waals surface area contributed by atoms with E-state index in [9.17, 15) is 19.2 Å². The van der Waals surface area contributed by atoms with Gasteiger partial charge in [-0.15, -0.1) is 0 Å². The molecule has 4 amide bonds. The zero-order chi connectivity index (χ0) is 20.9. The minimum absolute atomic E-state index is 0.121. The van der Waals surface area contributed by atoms with Crippen molar-refractivity contribution in [2.75, 3.05) is 19.6 Å². The number of fused-ring (bicyclic) bond motifs is 1. The third-order valence-electron chi connectivity index (χ3n) is 7.13. The number of imide groups is 2. The molecule has 4 aliphatic heterocycles. The molecule has 30 heavy (non-hydrogen) atoms. The lowest BCUT2D eigenvalue weighted by atomic mass is 9.85. The first kappa shape index (κ1) is 19.4. The Hall–Kier alpha value is -2.58. The van der Waals surface area contributed by atoms with Crippen LogP contribution >= 0.6 is 0 Å². The van der Waals surface area contributed by atoms with Gasteiger partial charge in [-0.25, -0.2) is 0 Å². The van der Waals surface area contributed by atoms with Gasteiger partial charge in [0.05, 0.1) is 11.1 Å². The lowest BCUT2D eigenvalue weighted by Crippen LogP contribution is -2.54. The van der Waals surface area contributed by atoms with Gasteiger partial charge in [0.15, 0.2) is 0 Å². The second kappa shape index (κ2) is 7.28. The summed E-state index contributed by atoms with van der Waals surface area (Å²) < 4.78 is 0. The van der Waals surface area contributed by atoms with Crippen molar-refractivity contribution in [1.29, 1.82) is 0 Å². The highest BCUT2D eigenvalue weighted by molar-refractivity contribution is 6.24. The van der Waals surface area contributed by atoms with E-state index in [4.69, 9.17) is 0 Å². The number of rotatable bonds is 3. The van der Waals surface area contributed by atoms with Gasteiger partial charge in [-0.05, 0) is 50.4 Å². The zero-order valence-electron chi connectivity index (χ0n) is 16.9. The Balaban J connectivity index is 1.45. The first-order valence-corrected chi connectivity index (χ1v) is 10.8. The average molecular weight is 410 g/mol. The van der Waals surface area contributed by atoms with Crippen molar-refractivity contribution in [2.24, 2.45) is 0 Å². The van der Waals surface area contributed by atoms with Gasteiger partial charge in [-0.3, -0.25) is 34.3 Å². The summed E-state index contributed by atoms with van der Waals surface area (Å²) in [5, 5.41) is 5.73. The average Bonchev–Trinajstić information content (AvgIpc) is 3.29. The number of hydrogen-bond donors (Lipinski definition) is 2. The summed E-state index contributed by atoms with van der Waals surface area (Å²) in [6.45, 7) is 3.55. The normalized spacial score (nSPS) is 29.6. The van der Waals surface area contributed by atoms with Crippen molar-refractivity contribution >= 4 is 23.6 Å². The quantitative estimate of drug-likeness (QED) is 0.716. The number of hydrogen-bond acceptors (Lipinski definition) is 6. The van der Waals surface area contributed by atoms with Gasteiger partial charge in [0, 0.05) is 25.0 Å². The molecule has 1 spiro atoms. The Morgan fingerprint density at radius 3 is 2.70 bits per heavy atom. The van der Waals surface area contributed by atoms with Gasteiger partial charge in [-0.1, -0.05) is 18.6 Å². The summed E-state index contributed by atoms with van der Waals surface area (Å²) in [6.07, 6.45) is 4.88. The lowest BCUT2D eigenvalue weighted by molar-refractivity contribution is -0.136. The highest BCUT2D eigenvalue weighted by atomic mass is 16.2. The van der Waals surface area contributed by atoms with E-state index in [1.54, 1.807) is 6.07 Å². The molecule has 0 aromatic heterocycles. The number of piperidine rings is 2. The molecule has 1 aromatic rings. The van der Waals surface area contributed by atoms with Crippen molar-refractivity contribution < 1.29 is 19.2 Å². The van der Waals surface area contributed by atoms with Crippen LogP contribution in [0.4, 0.5) is 0 Å². The van der Waals surface area contributed by atoms with Crippen LogP contribution in [0.3, 0.4) is 0 Å². The van der Waals surface area contributed by atoms with Gasteiger partial charge >= 0.3 is 0 Å². The molecule has 4 aliphatic rings. The number of carbonyl (C=O) groups excluding carboxylic acids is 4. The van der Waals surface area contributed by atoms with Crippen LogP contribution in [0.1, 0.15) is 64.8 Å². The van der Waals surface area contributed by atoms with E-state index in [2.05, 4.69) is 15.5 Å². The van der Waals surface area contributed by atoms with Crippen LogP contribution in [0, 0.1) is 0 Å². The van der Waals surface area contributed by atoms with Gasteiger partial charge in [-0.2, -0.15) is 0 Å². The summed E-state index contributed by atoms with van der Waals surface area (Å²) >= 11 is 0. The van der Waals surface area contributed by atoms with Crippen molar-refractivity contribution in [3.05, 3.63) is 34.9 Å². The fourth-order valence-corrected chi connectivity index (χ4v) is 5.53. The Morgan fingerprint density at radius 1 is 1.07 bits per heavy atom. The van der Waals surface area contributed by atoms with Crippen LogP contribution in [0.25, 0.3) is 0 Å². The van der Waals surface area contributed by atoms with E-state index >= 15 is 0 Å². The van der Waals surface area contributed by atoms with E-state index in [0.717, 1.165) is 49.4 Å². The Morgan fingerprint density at radius 2 is 1.93 bits per heavy atom. The number of amides is 4. The smallest absolute Gasteiger partial charge is 0.262 e. The summed E-state index contributed by atoms with van der Waals surface area (Å²) in [5.41, 5.74) is 1.74. The van der Waals surface area contributed by atoms with Gasteiger partial charge < -0.3 is 5.32 Å². The maximum Gasteiger partial charge on any atom is 0.262 e. The van der Waals surface area contributed by atoms with E-state index in [-0.39, 0.29) is 24.3 Å². The summed E-state index contributed by atoms with van der Waals surface area (Å²) in [7, 11) is 0. The number of carbonyl (C=O) groups is 4. The van der Waals surface area contributed by atoms with Crippen LogP contribution < -0.4 is 10.6 Å². The standard InChI is InChI=1S/C22H26N4O4/c27-17-7-6-16(19(28)24-17)26-20(29)15-5-3-4-14(18(15)21(26)30)12-25-11-2-1-8-22(25)9-10-23-13-22/h3-5,16,23H,1-2,6-13H2,(H,24,27,28). The van der Waals surface area contributed by atoms with Crippen molar-refractivity contribution in [3.63, 3.8) is 0 Å². The molecular formula is C22H26N4O4. The fraction of sp³-hybridized carbons (Fsp3) is 0.545. The molecule has 0 bridgehead atoms. The molecule has 5 rings (SSSR count). The first-order chi connectivity index (χ1) is 14.5. The highest BCUT2D eigenvalue weighted by Crippen LogP contribution is 2.36. The Bertz CT molecular complexity index is 937. The molecule has 2 N–H and O–H groups in total. The van der Waals surface area contributed by atoms with Gasteiger partial charge in [0.25, 0.3) is 11.8 Å². The van der Waals surface area contributed by atoms with Crippen molar-refractivity contribution in [3.8, 4) is 0 Å². The summed E-state index contributed by atoms with van der Waals surface area (Å²) in [5.74, 6) is -1.80. The minimum Gasteiger partial charge on any atom is -0.315 e. The largest absolute Gasteiger partial charge is 0.315 e. The molecule has 2 atom stereocenters. The third kappa shape index (κ3) is 2.97. The van der Waals surface area contributed by atoms with Crippen LogP contribution in [0.5, 0.6) is 0 Å². The second-order valence-corrected chi connectivity index (χ2v) is 8.82. The van der Waals surface area contributed by atoms with Crippen LogP contribution in [-0.2, 0) is 16.1 Å². The van der Waals surface area contributed by atoms with E-state index in [1.165, 1.54) is 6.42 Å². The maximum atomic E-state index is 13.3. The molecule has 0 radical (unpaired) electrons. The molecule has 0 saturated carbocycles. The number of likely N-dealkylation sites (tertiary alicyclic amines) is 1. The third-order valence-corrected chi connectivity index (χ3v) is 7.13. The number of benzene rings is 1. The number of nitrogens with one attached hydrogen (secondary N) is 2. The van der Waals surface area contributed by atoms with Crippen molar-refractivity contribution in [2.45, 2.75) is 56.7 Å². The summed E-state index contributed by atoms with van der Waals surface area (Å²) in [6, 6.07) is 4.47. The monoisotopic (exact) mass is 410 g/mol. The van der Waals surface area contributed by atoms with Gasteiger partial charge in [0.1, 0.15) is 6.04 Å². The van der Waals surface area contributed by atoms with E-state index < -0.39 is 23.8 Å². The van der Waals surface area contributed by atoms with Crippen LogP contribution in [0.15, 0.2) is 18.2 Å². The SMILES string of the molecule is O=C1CCC(N2C(=O)c3cccc(CN4CCCCC45CCNC5)c3C2=O)C(=O)N1. The summed E-state index contributed by atoms with van der Waals surface area (Å²) in [4.78, 5) is 53.7. The Labute approximate surface area is 175 Å². The maximum absolute atomic E-state index is 13.3. The predicted octanol–water partition coefficient (Wildman–Crippen LogP) is 0.806. The topological polar surface area (TPSA) is 98.8 Å². The second-order valence-electron chi connectivity index (χ2n) is 8.82. The van der Waals surface area contributed by atoms with Crippen molar-refractivity contribution in [1.82, 2.24) is 20.4 Å². The molecule has 2 unspecified atom stereocenters. The van der Waals surface area contributed by atoms with E-state index in [1.807, 2.05) is 12.1 Å². The molecular weight excluding hydrogens is 384 g/mol. The predicted molar refractivity (Wildman–Crippen MR) is 108 cm³/mol. The molecule has 1 aromatic carbocycles. The molecule has 8 heteroatoms. The lowest BCUT2D eigenvalue weighted by Gasteiger charge is -2.45. The molecule has 3 saturated heterocycles. The Kier molecular flexibility index (Phi) is 4.71. The van der Waals surface area contributed by atoms with E-state index in [0.29, 0.717) is 17.7 Å².